The second-order valence-corrected chi connectivity index (χ2v) is 8.27. The van der Waals surface area contributed by atoms with Crippen molar-refractivity contribution >= 4 is 40.0 Å². The van der Waals surface area contributed by atoms with Gasteiger partial charge in [-0.2, -0.15) is 0 Å². The molecule has 1 aromatic heterocycles. The molecule has 4 aromatic rings. The van der Waals surface area contributed by atoms with E-state index in [0.717, 1.165) is 5.56 Å². The maximum absolute atomic E-state index is 13.3. The maximum Gasteiger partial charge on any atom is 0.266 e. The lowest BCUT2D eigenvalue weighted by Crippen LogP contribution is -2.23. The van der Waals surface area contributed by atoms with E-state index in [2.05, 4.69) is 10.3 Å². The molecule has 7 heteroatoms. The Morgan fingerprint density at radius 2 is 1.66 bits per heavy atom. The van der Waals surface area contributed by atoms with Crippen molar-refractivity contribution in [2.24, 2.45) is 0 Å². The normalized spacial score (nSPS) is 10.8. The molecule has 3 aromatic carbocycles. The largest absolute Gasteiger partial charge is 0.325 e. The molecule has 6 nitrogen and oxygen atoms in total. The number of amides is 1. The fourth-order valence-electron chi connectivity index (χ4n) is 3.35. The molecule has 0 aliphatic rings. The number of para-hydroxylation sites is 2. The van der Waals surface area contributed by atoms with E-state index in [1.165, 1.54) is 23.3 Å². The van der Waals surface area contributed by atoms with E-state index in [9.17, 15) is 14.4 Å². The number of hydrogen-bond acceptors (Lipinski definition) is 5. The van der Waals surface area contributed by atoms with Gasteiger partial charge in [0.1, 0.15) is 0 Å². The molecule has 0 unspecified atom stereocenters. The van der Waals surface area contributed by atoms with E-state index >= 15 is 0 Å². The first-order chi connectivity index (χ1) is 15.4. The number of nitrogens with zero attached hydrogens (tertiary/aromatic N) is 2. The van der Waals surface area contributed by atoms with E-state index in [1.54, 1.807) is 42.5 Å². The third-order valence-electron chi connectivity index (χ3n) is 4.95. The zero-order chi connectivity index (χ0) is 22.7. The molecule has 0 aliphatic carbocycles. The number of nitrogens with one attached hydrogen (secondary N) is 1. The second kappa shape index (κ2) is 9.20. The van der Waals surface area contributed by atoms with Gasteiger partial charge in [-0.15, -0.1) is 0 Å². The van der Waals surface area contributed by atoms with Gasteiger partial charge in [-0.1, -0.05) is 53.7 Å². The topological polar surface area (TPSA) is 81.1 Å². The highest BCUT2D eigenvalue weighted by Crippen LogP contribution is 2.22. The Balaban J connectivity index is 1.66. The summed E-state index contributed by atoms with van der Waals surface area (Å²) in [5.74, 6) is -0.386. The van der Waals surface area contributed by atoms with Crippen molar-refractivity contribution in [3.8, 4) is 5.69 Å². The van der Waals surface area contributed by atoms with Crippen LogP contribution >= 0.6 is 11.8 Å². The summed E-state index contributed by atoms with van der Waals surface area (Å²) in [5.41, 5.74) is 3.06. The van der Waals surface area contributed by atoms with Gasteiger partial charge in [0.05, 0.1) is 28.0 Å². The van der Waals surface area contributed by atoms with Crippen LogP contribution in [0.25, 0.3) is 16.6 Å². The first kappa shape index (κ1) is 21.5. The molecule has 0 spiro atoms. The van der Waals surface area contributed by atoms with Crippen LogP contribution in [-0.4, -0.2) is 27.0 Å². The van der Waals surface area contributed by atoms with Crippen molar-refractivity contribution in [2.45, 2.75) is 19.0 Å². The van der Waals surface area contributed by atoms with Gasteiger partial charge in [-0.25, -0.2) is 4.98 Å². The number of carbonyl (C=O) groups is 2. The van der Waals surface area contributed by atoms with E-state index in [-0.39, 0.29) is 23.0 Å². The number of thioether (sulfide) groups is 1. The van der Waals surface area contributed by atoms with Gasteiger partial charge in [0.15, 0.2) is 10.9 Å². The lowest BCUT2D eigenvalue weighted by molar-refractivity contribution is -0.113. The molecule has 160 valence electrons. The zero-order valence-electron chi connectivity index (χ0n) is 17.7. The molecular formula is C25H21N3O3S. The number of benzene rings is 3. The average Bonchev–Trinajstić information content (AvgIpc) is 2.79. The Labute approximate surface area is 189 Å². The highest BCUT2D eigenvalue weighted by Gasteiger charge is 2.16. The fraction of sp³-hybridized carbons (Fsp3) is 0.120. The molecule has 0 saturated heterocycles. The van der Waals surface area contributed by atoms with Crippen LogP contribution in [0.15, 0.2) is 82.7 Å². The maximum atomic E-state index is 13.3. The summed E-state index contributed by atoms with van der Waals surface area (Å²) in [6.07, 6.45) is 0. The molecule has 1 heterocycles. The number of hydrogen-bond donors (Lipinski definition) is 1. The number of aryl methyl sites for hydroxylation is 1. The molecule has 0 aliphatic heterocycles. The average molecular weight is 444 g/mol. The minimum atomic E-state index is -0.290. The Bertz CT molecular complexity index is 1380. The third-order valence-corrected chi connectivity index (χ3v) is 5.89. The number of Topliss-reactive ketones (excluding diaryl/α,β-unsaturated/α-hetero) is 1. The number of carbonyl (C=O) groups excluding carboxylic acids is 2. The van der Waals surface area contributed by atoms with Crippen LogP contribution in [0.1, 0.15) is 22.8 Å². The molecular weight excluding hydrogens is 422 g/mol. The number of ketones is 1. The molecule has 0 saturated carbocycles. The van der Waals surface area contributed by atoms with Gasteiger partial charge in [0, 0.05) is 5.56 Å². The number of anilines is 1. The minimum absolute atomic E-state index is 0.0306. The highest BCUT2D eigenvalue weighted by molar-refractivity contribution is 7.99. The van der Waals surface area contributed by atoms with E-state index in [1.807, 2.05) is 37.3 Å². The first-order valence-corrected chi connectivity index (χ1v) is 11.0. The van der Waals surface area contributed by atoms with Crippen LogP contribution < -0.4 is 10.9 Å². The Kier molecular flexibility index (Phi) is 6.18. The molecule has 1 N–H and O–H groups in total. The number of rotatable bonds is 6. The SMILES string of the molecule is CC(=O)c1ccccc1NC(=O)CSc1nc2ccccc2c(=O)n1-c1ccc(C)cc1. The molecule has 0 atom stereocenters. The summed E-state index contributed by atoms with van der Waals surface area (Å²) < 4.78 is 1.53. The summed E-state index contributed by atoms with van der Waals surface area (Å²) in [7, 11) is 0. The summed E-state index contributed by atoms with van der Waals surface area (Å²) in [5, 5.41) is 3.72. The quantitative estimate of drug-likeness (QED) is 0.267. The van der Waals surface area contributed by atoms with Gasteiger partial charge in [0.2, 0.25) is 5.91 Å². The van der Waals surface area contributed by atoms with Crippen molar-refractivity contribution in [1.82, 2.24) is 9.55 Å². The summed E-state index contributed by atoms with van der Waals surface area (Å²) >= 11 is 1.17. The number of aromatic nitrogens is 2. The van der Waals surface area contributed by atoms with Crippen LogP contribution in [0.5, 0.6) is 0 Å². The predicted molar refractivity (Wildman–Crippen MR) is 128 cm³/mol. The second-order valence-electron chi connectivity index (χ2n) is 7.33. The van der Waals surface area contributed by atoms with Crippen molar-refractivity contribution in [2.75, 3.05) is 11.1 Å². The van der Waals surface area contributed by atoms with E-state index in [0.29, 0.717) is 33.0 Å². The zero-order valence-corrected chi connectivity index (χ0v) is 18.5. The smallest absolute Gasteiger partial charge is 0.266 e. The fourth-order valence-corrected chi connectivity index (χ4v) is 4.16. The predicted octanol–water partition coefficient (Wildman–Crippen LogP) is 4.63. The Morgan fingerprint density at radius 1 is 0.969 bits per heavy atom. The van der Waals surface area contributed by atoms with Gasteiger partial charge in [-0.3, -0.25) is 19.0 Å². The molecule has 0 fully saturated rings. The van der Waals surface area contributed by atoms with Crippen molar-refractivity contribution < 1.29 is 9.59 Å². The molecule has 32 heavy (non-hydrogen) atoms. The summed E-state index contributed by atoms with van der Waals surface area (Å²) in [6.45, 7) is 3.43. The molecule has 0 bridgehead atoms. The number of fused-ring (bicyclic) bond motifs is 1. The van der Waals surface area contributed by atoms with Crippen LogP contribution in [0, 0.1) is 6.92 Å². The third kappa shape index (κ3) is 4.48. The summed E-state index contributed by atoms with van der Waals surface area (Å²) in [6, 6.07) is 21.6. The van der Waals surface area contributed by atoms with Crippen LogP contribution in [0.4, 0.5) is 5.69 Å². The van der Waals surface area contributed by atoms with Crippen molar-refractivity contribution in [1.29, 1.82) is 0 Å². The monoisotopic (exact) mass is 443 g/mol. The summed E-state index contributed by atoms with van der Waals surface area (Å²) in [4.78, 5) is 42.4. The Morgan fingerprint density at radius 3 is 2.41 bits per heavy atom. The van der Waals surface area contributed by atoms with E-state index < -0.39 is 0 Å². The van der Waals surface area contributed by atoms with E-state index in [4.69, 9.17) is 0 Å². The van der Waals surface area contributed by atoms with Crippen LogP contribution in [-0.2, 0) is 4.79 Å². The van der Waals surface area contributed by atoms with Crippen molar-refractivity contribution in [3.05, 3.63) is 94.3 Å². The standard InChI is InChI=1S/C25H21N3O3S/c1-16-11-13-18(14-12-16)28-24(31)20-8-4-6-10-22(20)27-25(28)32-15-23(30)26-21-9-5-3-7-19(21)17(2)29/h3-14H,15H2,1-2H3,(H,26,30). The van der Waals surface area contributed by atoms with Gasteiger partial charge in [0.25, 0.3) is 5.56 Å². The lowest BCUT2D eigenvalue weighted by atomic mass is 10.1. The van der Waals surface area contributed by atoms with Gasteiger partial charge in [-0.05, 0) is 50.2 Å². The van der Waals surface area contributed by atoms with Crippen LogP contribution in [0.3, 0.4) is 0 Å². The van der Waals surface area contributed by atoms with Crippen LogP contribution in [0.2, 0.25) is 0 Å². The molecule has 4 rings (SSSR count). The molecule has 1 amide bonds. The van der Waals surface area contributed by atoms with Gasteiger partial charge >= 0.3 is 0 Å². The Hall–Kier alpha value is -3.71. The van der Waals surface area contributed by atoms with Gasteiger partial charge < -0.3 is 5.32 Å². The minimum Gasteiger partial charge on any atom is -0.325 e. The lowest BCUT2D eigenvalue weighted by Gasteiger charge is -2.14. The highest BCUT2D eigenvalue weighted by atomic mass is 32.2. The molecule has 0 radical (unpaired) electrons. The van der Waals surface area contributed by atoms with Crippen molar-refractivity contribution in [3.63, 3.8) is 0 Å². The first-order valence-electron chi connectivity index (χ1n) is 10.1.